The molecule has 0 aliphatic rings. The van der Waals surface area contributed by atoms with Gasteiger partial charge in [-0.1, -0.05) is 60.3 Å². The molecule has 6 nitrogen and oxygen atoms in total. The smallest absolute Gasteiger partial charge is 0.266 e. The zero-order valence-electron chi connectivity index (χ0n) is 16.3. The summed E-state index contributed by atoms with van der Waals surface area (Å²) in [4.78, 5) is 18.1. The van der Waals surface area contributed by atoms with Crippen molar-refractivity contribution in [2.75, 3.05) is 0 Å². The maximum atomic E-state index is 13.3. The van der Waals surface area contributed by atoms with Crippen molar-refractivity contribution in [1.82, 2.24) is 24.3 Å². The first kappa shape index (κ1) is 19.5. The fourth-order valence-corrected chi connectivity index (χ4v) is 4.60. The van der Waals surface area contributed by atoms with Crippen LogP contribution in [0.15, 0.2) is 94.9 Å². The van der Waals surface area contributed by atoms with Crippen LogP contribution >= 0.6 is 24.0 Å². The van der Waals surface area contributed by atoms with E-state index in [1.54, 1.807) is 10.6 Å². The summed E-state index contributed by atoms with van der Waals surface area (Å²) in [7, 11) is 0. The SMILES string of the molecule is O=c1c2ccccc2nc(SCc2n[nH]c(=S)n2-c2ccccc2)n1-c1ccccc1. The number of rotatable bonds is 5. The van der Waals surface area contributed by atoms with Gasteiger partial charge in [0.25, 0.3) is 5.56 Å². The van der Waals surface area contributed by atoms with Gasteiger partial charge in [0.05, 0.1) is 22.3 Å². The Labute approximate surface area is 187 Å². The number of nitrogens with one attached hydrogen (secondary N) is 1. The molecule has 3 aromatic carbocycles. The Morgan fingerprint density at radius 2 is 1.45 bits per heavy atom. The third kappa shape index (κ3) is 3.71. The van der Waals surface area contributed by atoms with Gasteiger partial charge in [-0.15, -0.1) is 0 Å². The predicted octanol–water partition coefficient (Wildman–Crippen LogP) is 4.92. The monoisotopic (exact) mass is 443 g/mol. The molecule has 0 aliphatic heterocycles. The molecule has 0 saturated carbocycles. The number of fused-ring (bicyclic) bond motifs is 1. The zero-order chi connectivity index (χ0) is 21.2. The summed E-state index contributed by atoms with van der Waals surface area (Å²) in [6, 6.07) is 26.8. The van der Waals surface area contributed by atoms with Crippen LogP contribution in [0.1, 0.15) is 5.82 Å². The molecule has 8 heteroatoms. The van der Waals surface area contributed by atoms with E-state index >= 15 is 0 Å². The number of nitrogens with zero attached hydrogens (tertiary/aromatic N) is 4. The molecule has 0 saturated heterocycles. The summed E-state index contributed by atoms with van der Waals surface area (Å²) < 4.78 is 4.07. The van der Waals surface area contributed by atoms with Crippen LogP contribution in [-0.4, -0.2) is 24.3 Å². The molecule has 0 atom stereocenters. The van der Waals surface area contributed by atoms with E-state index in [-0.39, 0.29) is 5.56 Å². The summed E-state index contributed by atoms with van der Waals surface area (Å²) in [5, 5.41) is 8.46. The van der Waals surface area contributed by atoms with Gasteiger partial charge in [-0.3, -0.25) is 19.0 Å². The van der Waals surface area contributed by atoms with E-state index in [1.807, 2.05) is 83.4 Å². The average Bonchev–Trinajstić information content (AvgIpc) is 3.19. The van der Waals surface area contributed by atoms with Crippen LogP contribution in [0.5, 0.6) is 0 Å². The second-order valence-corrected chi connectivity index (χ2v) is 8.12. The van der Waals surface area contributed by atoms with Gasteiger partial charge in [0, 0.05) is 5.69 Å². The number of benzene rings is 3. The van der Waals surface area contributed by atoms with Crippen LogP contribution in [0.4, 0.5) is 0 Å². The third-order valence-corrected chi connectivity index (χ3v) is 6.05. The van der Waals surface area contributed by atoms with Gasteiger partial charge in [-0.05, 0) is 48.6 Å². The van der Waals surface area contributed by atoms with Gasteiger partial charge in [0.1, 0.15) is 5.82 Å². The molecule has 1 N–H and O–H groups in total. The molecular formula is C23H17N5OS2. The molecule has 31 heavy (non-hydrogen) atoms. The van der Waals surface area contributed by atoms with Crippen molar-refractivity contribution >= 4 is 34.9 Å². The van der Waals surface area contributed by atoms with E-state index in [9.17, 15) is 4.79 Å². The molecule has 0 spiro atoms. The predicted molar refractivity (Wildman–Crippen MR) is 126 cm³/mol. The van der Waals surface area contributed by atoms with E-state index in [0.717, 1.165) is 17.2 Å². The Balaban J connectivity index is 1.60. The summed E-state index contributed by atoms with van der Waals surface area (Å²) in [5.74, 6) is 1.24. The molecule has 0 fully saturated rings. The summed E-state index contributed by atoms with van der Waals surface area (Å²) in [5.41, 5.74) is 2.28. The summed E-state index contributed by atoms with van der Waals surface area (Å²) >= 11 is 6.89. The fourth-order valence-electron chi connectivity index (χ4n) is 3.41. The minimum absolute atomic E-state index is 0.0961. The minimum atomic E-state index is -0.0961. The third-order valence-electron chi connectivity index (χ3n) is 4.85. The first-order valence-corrected chi connectivity index (χ1v) is 11.0. The summed E-state index contributed by atoms with van der Waals surface area (Å²) in [6.07, 6.45) is 0. The normalized spacial score (nSPS) is 11.1. The number of hydrogen-bond donors (Lipinski definition) is 1. The molecule has 2 heterocycles. The van der Waals surface area contributed by atoms with Gasteiger partial charge in [-0.25, -0.2) is 4.98 Å². The van der Waals surface area contributed by atoms with Crippen molar-refractivity contribution in [1.29, 1.82) is 0 Å². The van der Waals surface area contributed by atoms with Gasteiger partial charge in [0.2, 0.25) is 0 Å². The Hall–Kier alpha value is -3.49. The van der Waals surface area contributed by atoms with Gasteiger partial charge < -0.3 is 0 Å². The standard InChI is InChI=1S/C23H17N5OS2/c29-21-18-13-7-8-14-19(18)24-23(28(21)17-11-5-2-6-12-17)31-15-20-25-26-22(30)27(20)16-9-3-1-4-10-16/h1-14H,15H2,(H,26,30). The molecule has 0 aliphatic carbocycles. The highest BCUT2D eigenvalue weighted by atomic mass is 32.2. The molecule has 152 valence electrons. The highest BCUT2D eigenvalue weighted by molar-refractivity contribution is 7.98. The van der Waals surface area contributed by atoms with E-state index in [2.05, 4.69) is 10.2 Å². The van der Waals surface area contributed by atoms with E-state index < -0.39 is 0 Å². The maximum Gasteiger partial charge on any atom is 0.266 e. The van der Waals surface area contributed by atoms with Crippen molar-refractivity contribution in [2.45, 2.75) is 10.9 Å². The van der Waals surface area contributed by atoms with Crippen molar-refractivity contribution in [2.24, 2.45) is 0 Å². The van der Waals surface area contributed by atoms with Crippen molar-refractivity contribution in [3.63, 3.8) is 0 Å². The van der Waals surface area contributed by atoms with E-state index in [0.29, 0.717) is 26.6 Å². The van der Waals surface area contributed by atoms with Crippen LogP contribution in [0, 0.1) is 4.77 Å². The first-order valence-electron chi connectivity index (χ1n) is 9.64. The number of hydrogen-bond acceptors (Lipinski definition) is 5. The number of H-pyrrole nitrogens is 1. The highest BCUT2D eigenvalue weighted by Gasteiger charge is 2.15. The number of para-hydroxylation sites is 3. The lowest BCUT2D eigenvalue weighted by atomic mass is 10.2. The van der Waals surface area contributed by atoms with Gasteiger partial charge in [-0.2, -0.15) is 5.10 Å². The molecule has 0 bridgehead atoms. The Morgan fingerprint density at radius 3 is 2.16 bits per heavy atom. The lowest BCUT2D eigenvalue weighted by molar-refractivity contribution is 0.817. The Kier molecular flexibility index (Phi) is 5.23. The van der Waals surface area contributed by atoms with Crippen molar-refractivity contribution in [3.8, 4) is 11.4 Å². The fraction of sp³-hybridized carbons (Fsp3) is 0.0435. The van der Waals surface area contributed by atoms with Crippen molar-refractivity contribution in [3.05, 3.63) is 106 Å². The minimum Gasteiger partial charge on any atom is -0.271 e. The van der Waals surface area contributed by atoms with Crippen LogP contribution in [0.2, 0.25) is 0 Å². The molecule has 0 amide bonds. The second-order valence-electron chi connectivity index (χ2n) is 6.79. The molecule has 5 rings (SSSR count). The van der Waals surface area contributed by atoms with Gasteiger partial charge in [0.15, 0.2) is 9.93 Å². The zero-order valence-corrected chi connectivity index (χ0v) is 17.9. The lowest BCUT2D eigenvalue weighted by Gasteiger charge is -2.13. The quantitative estimate of drug-likeness (QED) is 0.237. The number of aromatic amines is 1. The number of thioether (sulfide) groups is 1. The van der Waals surface area contributed by atoms with E-state index in [1.165, 1.54) is 11.8 Å². The van der Waals surface area contributed by atoms with E-state index in [4.69, 9.17) is 17.2 Å². The topological polar surface area (TPSA) is 68.5 Å². The molecule has 2 aromatic heterocycles. The first-order chi connectivity index (χ1) is 15.2. The van der Waals surface area contributed by atoms with Crippen LogP contribution in [0.3, 0.4) is 0 Å². The lowest BCUT2D eigenvalue weighted by Crippen LogP contribution is -2.21. The molecule has 0 unspecified atom stereocenters. The van der Waals surface area contributed by atoms with Gasteiger partial charge >= 0.3 is 0 Å². The molecular weight excluding hydrogens is 426 g/mol. The largest absolute Gasteiger partial charge is 0.271 e. The Morgan fingerprint density at radius 1 is 0.839 bits per heavy atom. The maximum absolute atomic E-state index is 13.3. The van der Waals surface area contributed by atoms with Crippen LogP contribution in [0.25, 0.3) is 22.3 Å². The van der Waals surface area contributed by atoms with Crippen LogP contribution in [-0.2, 0) is 5.75 Å². The molecule has 0 radical (unpaired) electrons. The van der Waals surface area contributed by atoms with Crippen LogP contribution < -0.4 is 5.56 Å². The number of aromatic nitrogens is 5. The molecule has 5 aromatic rings. The average molecular weight is 444 g/mol. The highest BCUT2D eigenvalue weighted by Crippen LogP contribution is 2.25. The second kappa shape index (κ2) is 8.33. The van der Waals surface area contributed by atoms with Crippen molar-refractivity contribution < 1.29 is 0 Å². The summed E-state index contributed by atoms with van der Waals surface area (Å²) in [6.45, 7) is 0. The Bertz CT molecular complexity index is 1470.